The van der Waals surface area contributed by atoms with E-state index in [9.17, 15) is 13.2 Å². The van der Waals surface area contributed by atoms with Crippen molar-refractivity contribution in [3.63, 3.8) is 0 Å². The number of ether oxygens (including phenoxy) is 1. The molecule has 0 aliphatic rings. The number of carbonyl (C=O) groups excluding carboxylic acids is 1. The maximum absolute atomic E-state index is 12.1. The zero-order chi connectivity index (χ0) is 16.2. The van der Waals surface area contributed by atoms with Crippen molar-refractivity contribution in [1.29, 1.82) is 0 Å². The molecule has 0 bridgehead atoms. The SMILES string of the molecule is CCOC(=O)c1ccc(OS(=O)(=O)c2ccc(Br)cc2)cc1. The van der Waals surface area contributed by atoms with Gasteiger partial charge in [-0.1, -0.05) is 15.9 Å². The van der Waals surface area contributed by atoms with E-state index < -0.39 is 16.1 Å². The molecule has 22 heavy (non-hydrogen) atoms. The topological polar surface area (TPSA) is 69.7 Å². The van der Waals surface area contributed by atoms with Gasteiger partial charge < -0.3 is 8.92 Å². The van der Waals surface area contributed by atoms with Gasteiger partial charge in [-0.3, -0.25) is 0 Å². The largest absolute Gasteiger partial charge is 0.462 e. The minimum atomic E-state index is -3.91. The van der Waals surface area contributed by atoms with Crippen molar-refractivity contribution in [2.75, 3.05) is 6.61 Å². The van der Waals surface area contributed by atoms with Gasteiger partial charge in [0.1, 0.15) is 10.6 Å². The summed E-state index contributed by atoms with van der Waals surface area (Å²) in [5.74, 6) is -0.346. The van der Waals surface area contributed by atoms with Crippen molar-refractivity contribution >= 4 is 32.0 Å². The van der Waals surface area contributed by atoms with Crippen LogP contribution in [0.2, 0.25) is 0 Å². The molecule has 116 valence electrons. The van der Waals surface area contributed by atoms with Gasteiger partial charge in [0.2, 0.25) is 0 Å². The Balaban J connectivity index is 2.16. The smallest absolute Gasteiger partial charge is 0.339 e. The maximum Gasteiger partial charge on any atom is 0.339 e. The normalized spacial score (nSPS) is 11.0. The van der Waals surface area contributed by atoms with E-state index in [-0.39, 0.29) is 17.3 Å². The van der Waals surface area contributed by atoms with Crippen LogP contribution in [-0.4, -0.2) is 21.0 Å². The van der Waals surface area contributed by atoms with Gasteiger partial charge in [0, 0.05) is 4.47 Å². The molecule has 5 nitrogen and oxygen atoms in total. The third-order valence-electron chi connectivity index (χ3n) is 2.67. The van der Waals surface area contributed by atoms with Crippen molar-refractivity contribution in [3.8, 4) is 5.75 Å². The Morgan fingerprint density at radius 3 is 2.18 bits per heavy atom. The zero-order valence-corrected chi connectivity index (χ0v) is 14.1. The molecule has 0 aromatic heterocycles. The van der Waals surface area contributed by atoms with E-state index in [0.29, 0.717) is 5.56 Å². The van der Waals surface area contributed by atoms with Gasteiger partial charge in [0.15, 0.2) is 0 Å². The van der Waals surface area contributed by atoms with Crippen molar-refractivity contribution in [3.05, 3.63) is 58.6 Å². The van der Waals surface area contributed by atoms with Crippen molar-refractivity contribution < 1.29 is 22.1 Å². The monoisotopic (exact) mass is 384 g/mol. The molecule has 2 aromatic rings. The third kappa shape index (κ3) is 4.08. The molecule has 0 aliphatic carbocycles. The second-order valence-electron chi connectivity index (χ2n) is 4.24. The summed E-state index contributed by atoms with van der Waals surface area (Å²) in [5, 5.41) is 0. The van der Waals surface area contributed by atoms with Crippen LogP contribution in [0.25, 0.3) is 0 Å². The standard InChI is InChI=1S/C15H13BrO5S/c1-2-20-15(17)11-3-7-13(8-4-11)21-22(18,19)14-9-5-12(16)6-10-14/h3-10H,2H2,1H3. The molecule has 0 atom stereocenters. The molecule has 0 N–H and O–H groups in total. The Morgan fingerprint density at radius 2 is 1.64 bits per heavy atom. The van der Waals surface area contributed by atoms with Crippen LogP contribution in [-0.2, 0) is 14.9 Å². The molecule has 0 heterocycles. The van der Waals surface area contributed by atoms with Gasteiger partial charge in [-0.15, -0.1) is 0 Å². The van der Waals surface area contributed by atoms with E-state index in [2.05, 4.69) is 15.9 Å². The first-order valence-corrected chi connectivity index (χ1v) is 8.60. The molecule has 0 spiro atoms. The highest BCUT2D eigenvalue weighted by molar-refractivity contribution is 9.10. The third-order valence-corrected chi connectivity index (χ3v) is 4.46. The summed E-state index contributed by atoms with van der Waals surface area (Å²) in [5.41, 5.74) is 0.329. The number of halogens is 1. The highest BCUT2D eigenvalue weighted by Crippen LogP contribution is 2.21. The fraction of sp³-hybridized carbons (Fsp3) is 0.133. The molecule has 0 fully saturated rings. The van der Waals surface area contributed by atoms with Crippen molar-refractivity contribution in [1.82, 2.24) is 0 Å². The summed E-state index contributed by atoms with van der Waals surface area (Å²) in [6, 6.07) is 11.8. The Morgan fingerprint density at radius 1 is 1.05 bits per heavy atom. The van der Waals surface area contributed by atoms with Gasteiger partial charge in [0.25, 0.3) is 0 Å². The summed E-state index contributed by atoms with van der Waals surface area (Å²) < 4.78 is 34.9. The predicted octanol–water partition coefficient (Wildman–Crippen LogP) is 3.39. The first kappa shape index (κ1) is 16.5. The summed E-state index contributed by atoms with van der Waals surface area (Å²) >= 11 is 3.23. The second-order valence-corrected chi connectivity index (χ2v) is 6.70. The Hall–Kier alpha value is -1.86. The molecule has 0 amide bonds. The van der Waals surface area contributed by atoms with Crippen LogP contribution in [0, 0.1) is 0 Å². The fourth-order valence-corrected chi connectivity index (χ4v) is 2.83. The maximum atomic E-state index is 12.1. The summed E-state index contributed by atoms with van der Waals surface area (Å²) in [6.45, 7) is 1.98. The Labute approximate surface area is 137 Å². The van der Waals surface area contributed by atoms with Gasteiger partial charge >= 0.3 is 16.1 Å². The first-order valence-electron chi connectivity index (χ1n) is 6.39. The lowest BCUT2D eigenvalue weighted by Crippen LogP contribution is -2.10. The lowest BCUT2D eigenvalue weighted by molar-refractivity contribution is 0.0526. The highest BCUT2D eigenvalue weighted by atomic mass is 79.9. The van der Waals surface area contributed by atoms with E-state index >= 15 is 0 Å². The Kier molecular flexibility index (Phi) is 5.20. The minimum absolute atomic E-state index is 0.0465. The van der Waals surface area contributed by atoms with Gasteiger partial charge in [-0.2, -0.15) is 8.42 Å². The second kappa shape index (κ2) is 6.93. The number of esters is 1. The average Bonchev–Trinajstić information content (AvgIpc) is 2.48. The van der Waals surface area contributed by atoms with Crippen LogP contribution in [0.1, 0.15) is 17.3 Å². The van der Waals surface area contributed by atoms with Crippen LogP contribution < -0.4 is 4.18 Å². The fourth-order valence-electron chi connectivity index (χ4n) is 1.64. The molecule has 2 rings (SSSR count). The van der Waals surface area contributed by atoms with Gasteiger partial charge in [0.05, 0.1) is 12.2 Å². The summed E-state index contributed by atoms with van der Waals surface area (Å²) in [6.07, 6.45) is 0. The molecule has 0 unspecified atom stereocenters. The Bertz CT molecular complexity index is 752. The molecular formula is C15H13BrO5S. The first-order chi connectivity index (χ1) is 10.4. The molecular weight excluding hydrogens is 372 g/mol. The summed E-state index contributed by atoms with van der Waals surface area (Å²) in [7, 11) is -3.91. The molecule has 0 saturated heterocycles. The molecule has 2 aromatic carbocycles. The van der Waals surface area contributed by atoms with Crippen LogP contribution in [0.5, 0.6) is 5.75 Å². The zero-order valence-electron chi connectivity index (χ0n) is 11.7. The minimum Gasteiger partial charge on any atom is -0.462 e. The van der Waals surface area contributed by atoms with Crippen molar-refractivity contribution in [2.24, 2.45) is 0 Å². The lowest BCUT2D eigenvalue weighted by atomic mass is 10.2. The van der Waals surface area contributed by atoms with Gasteiger partial charge in [-0.05, 0) is 55.5 Å². The number of hydrogen-bond donors (Lipinski definition) is 0. The van der Waals surface area contributed by atoms with Crippen molar-refractivity contribution in [2.45, 2.75) is 11.8 Å². The highest BCUT2D eigenvalue weighted by Gasteiger charge is 2.16. The van der Waals surface area contributed by atoms with E-state index in [1.54, 1.807) is 19.1 Å². The number of hydrogen-bond acceptors (Lipinski definition) is 5. The molecule has 7 heteroatoms. The van der Waals surface area contributed by atoms with E-state index in [1.165, 1.54) is 36.4 Å². The predicted molar refractivity (Wildman–Crippen MR) is 84.4 cm³/mol. The lowest BCUT2D eigenvalue weighted by Gasteiger charge is -2.08. The summed E-state index contributed by atoms with van der Waals surface area (Å²) in [4.78, 5) is 11.6. The van der Waals surface area contributed by atoms with E-state index in [1.807, 2.05) is 0 Å². The van der Waals surface area contributed by atoms with E-state index in [0.717, 1.165) is 4.47 Å². The van der Waals surface area contributed by atoms with Crippen LogP contribution in [0.4, 0.5) is 0 Å². The van der Waals surface area contributed by atoms with Gasteiger partial charge in [-0.25, -0.2) is 4.79 Å². The van der Waals surface area contributed by atoms with Crippen LogP contribution >= 0.6 is 15.9 Å². The molecule has 0 radical (unpaired) electrons. The number of carbonyl (C=O) groups is 1. The van der Waals surface area contributed by atoms with Crippen LogP contribution in [0.3, 0.4) is 0 Å². The quantitative estimate of drug-likeness (QED) is 0.583. The molecule has 0 aliphatic heterocycles. The van der Waals surface area contributed by atoms with E-state index in [4.69, 9.17) is 8.92 Å². The number of benzene rings is 2. The van der Waals surface area contributed by atoms with Crippen LogP contribution in [0.15, 0.2) is 57.9 Å². The average molecular weight is 385 g/mol. The number of rotatable bonds is 5. The molecule has 0 saturated carbocycles.